The topological polar surface area (TPSA) is 61.8 Å². The van der Waals surface area contributed by atoms with E-state index >= 15 is 0 Å². The molecule has 1 aliphatic rings. The van der Waals surface area contributed by atoms with Gasteiger partial charge >= 0.3 is 0 Å². The molecule has 0 aliphatic heterocycles. The number of rotatable bonds is 12. The third kappa shape index (κ3) is 13.4. The van der Waals surface area contributed by atoms with E-state index in [-0.39, 0.29) is 40.0 Å². The predicted octanol–water partition coefficient (Wildman–Crippen LogP) is 6.16. The Morgan fingerprint density at radius 3 is 1.75 bits per heavy atom. The number of benzene rings is 1. The van der Waals surface area contributed by atoms with Crippen molar-refractivity contribution in [1.29, 1.82) is 0 Å². The van der Waals surface area contributed by atoms with Gasteiger partial charge < -0.3 is 14.2 Å². The number of carbonyl (C=O) groups is 2. The first-order valence-electron chi connectivity index (χ1n) is 10.3. The molecule has 1 aliphatic carbocycles. The molecule has 0 bridgehead atoms. The van der Waals surface area contributed by atoms with E-state index in [9.17, 15) is 9.59 Å². The first kappa shape index (κ1) is 32.1. The van der Waals surface area contributed by atoms with Crippen molar-refractivity contribution in [3.05, 3.63) is 47.5 Å². The summed E-state index contributed by atoms with van der Waals surface area (Å²) in [6, 6.07) is 7.69. The molecule has 0 unspecified atom stereocenters. The summed E-state index contributed by atoms with van der Waals surface area (Å²) in [6.45, 7) is 3.25. The van der Waals surface area contributed by atoms with Crippen LogP contribution in [0.4, 0.5) is 0 Å². The molecule has 0 saturated heterocycles. The average molecular weight is 449 g/mol. The second-order valence-corrected chi connectivity index (χ2v) is 7.29. The van der Waals surface area contributed by atoms with Crippen LogP contribution in [0.5, 0.6) is 0 Å². The van der Waals surface area contributed by atoms with Crippen LogP contribution in [0.15, 0.2) is 36.4 Å². The maximum Gasteiger partial charge on any atom is 0.158 e. The summed E-state index contributed by atoms with van der Waals surface area (Å²) in [6.07, 6.45) is 11.6. The third-order valence-electron chi connectivity index (χ3n) is 4.87. The largest absolute Gasteiger partial charge is 0.382 e. The molecule has 32 heavy (non-hydrogen) atoms. The molecule has 0 aromatic heterocycles. The van der Waals surface area contributed by atoms with Crippen LogP contribution in [0.1, 0.15) is 72.4 Å². The zero-order valence-electron chi connectivity index (χ0n) is 17.5. The van der Waals surface area contributed by atoms with Gasteiger partial charge in [0.05, 0.1) is 32.0 Å². The number of ether oxygens (including phenoxy) is 3. The first-order chi connectivity index (χ1) is 14.1. The molecule has 0 amide bonds. The number of hydrogen-bond donors (Lipinski definition) is 0. The Bertz CT molecular complexity index is 683. The predicted molar refractivity (Wildman–Crippen MR) is 135 cm³/mol. The van der Waals surface area contributed by atoms with Gasteiger partial charge in [0.1, 0.15) is 0 Å². The average Bonchev–Trinajstić information content (AvgIpc) is 2.73. The van der Waals surface area contributed by atoms with Gasteiger partial charge in [-0.2, -0.15) is 0 Å². The van der Waals surface area contributed by atoms with E-state index in [1.165, 1.54) is 13.0 Å². The highest BCUT2D eigenvalue weighted by Crippen LogP contribution is 2.23. The van der Waals surface area contributed by atoms with E-state index in [2.05, 4.69) is 0 Å². The van der Waals surface area contributed by atoms with Gasteiger partial charge in [0, 0.05) is 13.5 Å². The normalized spacial score (nSPS) is 17.9. The molecular formula is C27H44O5. The second kappa shape index (κ2) is 18.5. The van der Waals surface area contributed by atoms with Gasteiger partial charge in [-0.25, -0.2) is 0 Å². The van der Waals surface area contributed by atoms with Gasteiger partial charge in [-0.3, -0.25) is 9.59 Å². The molecule has 5 heteroatoms. The molecule has 0 spiro atoms. The second-order valence-electron chi connectivity index (χ2n) is 7.29. The zero-order chi connectivity index (χ0) is 20.9. The maximum atomic E-state index is 12.1. The summed E-state index contributed by atoms with van der Waals surface area (Å²) in [5.41, 5.74) is 1.90. The minimum Gasteiger partial charge on any atom is -0.382 e. The molecule has 0 atom stereocenters. The molecule has 182 valence electrons. The molecule has 1 aromatic rings. The van der Waals surface area contributed by atoms with Crippen LogP contribution in [0.3, 0.4) is 0 Å². The number of methoxy groups -OCH3 is 1. The number of carbonyl (C=O) groups excluding carboxylic acids is 2. The Hall–Kier alpha value is -2.08. The van der Waals surface area contributed by atoms with Gasteiger partial charge in [-0.05, 0) is 55.9 Å². The van der Waals surface area contributed by atoms with Crippen molar-refractivity contribution in [1.82, 2.24) is 0 Å². The molecule has 0 radical (unpaired) electrons. The molecule has 1 aromatic carbocycles. The minimum atomic E-state index is 0. The van der Waals surface area contributed by atoms with E-state index in [0.717, 1.165) is 36.8 Å². The lowest BCUT2D eigenvalue weighted by atomic mass is 9.95. The van der Waals surface area contributed by atoms with Crippen molar-refractivity contribution in [2.45, 2.75) is 73.5 Å². The van der Waals surface area contributed by atoms with Crippen LogP contribution in [0.2, 0.25) is 0 Å². The highest BCUT2D eigenvalue weighted by atomic mass is 16.5. The Morgan fingerprint density at radius 2 is 1.28 bits per heavy atom. The molecular weight excluding hydrogens is 404 g/mol. The fourth-order valence-electron chi connectivity index (χ4n) is 3.19. The molecule has 1 saturated carbocycles. The van der Waals surface area contributed by atoms with Crippen molar-refractivity contribution in [3.63, 3.8) is 0 Å². The number of allylic oxidation sites excluding steroid dienone is 2. The zero-order valence-corrected chi connectivity index (χ0v) is 17.5. The van der Waals surface area contributed by atoms with Crippen molar-refractivity contribution < 1.29 is 23.8 Å². The summed E-state index contributed by atoms with van der Waals surface area (Å²) < 4.78 is 16.6. The lowest BCUT2D eigenvalue weighted by molar-refractivity contribution is -0.116. The van der Waals surface area contributed by atoms with Crippen LogP contribution < -0.4 is 0 Å². The molecule has 1 fully saturated rings. The summed E-state index contributed by atoms with van der Waals surface area (Å²) in [5, 5.41) is 0. The monoisotopic (exact) mass is 448 g/mol. The Labute approximate surface area is 195 Å². The van der Waals surface area contributed by atoms with Crippen LogP contribution >= 0.6 is 0 Å². The number of ketones is 2. The van der Waals surface area contributed by atoms with E-state index < -0.39 is 0 Å². The van der Waals surface area contributed by atoms with Gasteiger partial charge in [0.25, 0.3) is 0 Å². The van der Waals surface area contributed by atoms with Crippen molar-refractivity contribution in [2.75, 3.05) is 26.9 Å². The standard InChI is InChI=1S/C24H32O5.3CH4/c1-19(25)3-4-20-5-7-21(8-6-20)9-10-22(26)15-16-28-23-11-13-24(14-12-23)29-18-17-27-2;;;/h3-10,23-24H,11-18H2,1-2H3;3*1H4. The quantitative estimate of drug-likeness (QED) is 0.283. The van der Waals surface area contributed by atoms with E-state index in [0.29, 0.717) is 32.3 Å². The Kier molecular flexibility index (Phi) is 18.5. The highest BCUT2D eigenvalue weighted by Gasteiger charge is 2.22. The lowest BCUT2D eigenvalue weighted by Gasteiger charge is -2.28. The van der Waals surface area contributed by atoms with Gasteiger partial charge in [0.15, 0.2) is 11.6 Å². The van der Waals surface area contributed by atoms with Crippen molar-refractivity contribution >= 4 is 23.7 Å². The fourth-order valence-corrected chi connectivity index (χ4v) is 3.19. The van der Waals surface area contributed by atoms with E-state index in [1.807, 2.05) is 30.3 Å². The Balaban J connectivity index is 0. The van der Waals surface area contributed by atoms with Gasteiger partial charge in [0.2, 0.25) is 0 Å². The fraction of sp³-hybridized carbons (Fsp3) is 0.556. The third-order valence-corrected chi connectivity index (χ3v) is 4.87. The van der Waals surface area contributed by atoms with Crippen LogP contribution in [0, 0.1) is 0 Å². The SMILES string of the molecule is C.C.C.COCCOC1CCC(OCCC(=O)C=Cc2ccc(C=CC(C)=O)cc2)CC1. The molecule has 5 nitrogen and oxygen atoms in total. The Morgan fingerprint density at radius 1 is 0.812 bits per heavy atom. The van der Waals surface area contributed by atoms with Gasteiger partial charge in [-0.1, -0.05) is 58.7 Å². The summed E-state index contributed by atoms with van der Waals surface area (Å²) in [4.78, 5) is 23.0. The molecule has 0 N–H and O–H groups in total. The highest BCUT2D eigenvalue weighted by molar-refractivity contribution is 5.93. The van der Waals surface area contributed by atoms with Crippen LogP contribution in [0.25, 0.3) is 12.2 Å². The van der Waals surface area contributed by atoms with Gasteiger partial charge in [-0.15, -0.1) is 0 Å². The van der Waals surface area contributed by atoms with Crippen LogP contribution in [-0.4, -0.2) is 50.7 Å². The summed E-state index contributed by atoms with van der Waals surface area (Å²) in [7, 11) is 1.68. The minimum absolute atomic E-state index is 0. The summed E-state index contributed by atoms with van der Waals surface area (Å²) in [5.74, 6) is 0.0763. The van der Waals surface area contributed by atoms with E-state index in [1.54, 1.807) is 19.3 Å². The molecule has 2 rings (SSSR count). The number of hydrogen-bond acceptors (Lipinski definition) is 5. The van der Waals surface area contributed by atoms with E-state index in [4.69, 9.17) is 14.2 Å². The van der Waals surface area contributed by atoms with Crippen molar-refractivity contribution in [2.24, 2.45) is 0 Å². The first-order valence-corrected chi connectivity index (χ1v) is 10.3. The molecule has 0 heterocycles. The summed E-state index contributed by atoms with van der Waals surface area (Å²) >= 11 is 0. The maximum absolute atomic E-state index is 12.1. The smallest absolute Gasteiger partial charge is 0.158 e. The van der Waals surface area contributed by atoms with Crippen molar-refractivity contribution in [3.8, 4) is 0 Å². The van der Waals surface area contributed by atoms with Crippen LogP contribution in [-0.2, 0) is 23.8 Å². The lowest BCUT2D eigenvalue weighted by Crippen LogP contribution is -2.27.